The molecule has 1 aromatic rings. The van der Waals surface area contributed by atoms with E-state index in [2.05, 4.69) is 5.32 Å². The molecule has 2 N–H and O–H groups in total. The molecule has 1 amide bonds. The molecule has 108 valence electrons. The minimum atomic E-state index is -0.539. The van der Waals surface area contributed by atoms with E-state index in [-0.39, 0.29) is 17.9 Å². The van der Waals surface area contributed by atoms with Crippen molar-refractivity contribution in [3.8, 4) is 0 Å². The molecule has 1 saturated heterocycles. The Bertz CT molecular complexity index is 553. The molecule has 2 aliphatic heterocycles. The number of benzene rings is 1. The van der Waals surface area contributed by atoms with Crippen LogP contribution < -0.4 is 5.32 Å². The topological polar surface area (TPSA) is 58.6 Å². The molecule has 0 aliphatic carbocycles. The number of fused-ring (bicyclic) bond motifs is 1. The van der Waals surface area contributed by atoms with Crippen molar-refractivity contribution in [2.45, 2.75) is 44.8 Å². The zero-order chi connectivity index (χ0) is 14.5. The average Bonchev–Trinajstić information content (AvgIpc) is 2.92. The lowest BCUT2D eigenvalue weighted by Crippen LogP contribution is -2.27. The van der Waals surface area contributed by atoms with E-state index in [1.165, 1.54) is 0 Å². The highest BCUT2D eigenvalue weighted by atomic mass is 16.5. The van der Waals surface area contributed by atoms with E-state index in [4.69, 9.17) is 4.74 Å². The number of carbonyl (C=O) groups excluding carboxylic acids is 1. The van der Waals surface area contributed by atoms with Crippen LogP contribution in [0.25, 0.3) is 0 Å². The lowest BCUT2D eigenvalue weighted by Gasteiger charge is -2.23. The van der Waals surface area contributed by atoms with Gasteiger partial charge in [0, 0.05) is 18.2 Å². The van der Waals surface area contributed by atoms with Gasteiger partial charge in [-0.2, -0.15) is 0 Å². The Hall–Kier alpha value is -1.39. The molecule has 1 fully saturated rings. The Morgan fingerprint density at radius 1 is 1.45 bits per heavy atom. The molecule has 4 heteroatoms. The average molecular weight is 275 g/mol. The van der Waals surface area contributed by atoms with Crippen molar-refractivity contribution in [1.29, 1.82) is 0 Å². The van der Waals surface area contributed by atoms with E-state index in [0.29, 0.717) is 6.61 Å². The maximum atomic E-state index is 11.9. The second kappa shape index (κ2) is 4.57. The van der Waals surface area contributed by atoms with Crippen LogP contribution in [-0.4, -0.2) is 23.7 Å². The summed E-state index contributed by atoms with van der Waals surface area (Å²) in [6.45, 7) is 6.53. The molecule has 0 aromatic heterocycles. The SMILES string of the molecule is CC1OCCC1C(O)c1ccc2c(c1)C(C)(C)C(=O)N2. The summed E-state index contributed by atoms with van der Waals surface area (Å²) in [4.78, 5) is 11.9. The fourth-order valence-electron chi connectivity index (χ4n) is 3.18. The van der Waals surface area contributed by atoms with Crippen molar-refractivity contribution >= 4 is 11.6 Å². The van der Waals surface area contributed by atoms with E-state index < -0.39 is 11.5 Å². The van der Waals surface area contributed by atoms with Crippen molar-refractivity contribution < 1.29 is 14.6 Å². The highest BCUT2D eigenvalue weighted by molar-refractivity contribution is 6.05. The van der Waals surface area contributed by atoms with E-state index in [0.717, 1.165) is 23.2 Å². The first-order chi connectivity index (χ1) is 9.41. The second-order valence-electron chi connectivity index (χ2n) is 6.36. The summed E-state index contributed by atoms with van der Waals surface area (Å²) in [7, 11) is 0. The van der Waals surface area contributed by atoms with E-state index >= 15 is 0 Å². The monoisotopic (exact) mass is 275 g/mol. The molecule has 4 nitrogen and oxygen atoms in total. The molecule has 3 unspecified atom stereocenters. The van der Waals surface area contributed by atoms with Crippen LogP contribution in [0.2, 0.25) is 0 Å². The molecule has 1 aromatic carbocycles. The Balaban J connectivity index is 1.94. The van der Waals surface area contributed by atoms with Crippen LogP contribution in [-0.2, 0) is 14.9 Å². The molecule has 2 aliphatic rings. The van der Waals surface area contributed by atoms with Crippen LogP contribution >= 0.6 is 0 Å². The molecule has 0 bridgehead atoms. The van der Waals surface area contributed by atoms with Gasteiger partial charge in [0.1, 0.15) is 0 Å². The lowest BCUT2D eigenvalue weighted by atomic mass is 9.83. The van der Waals surface area contributed by atoms with Crippen molar-refractivity contribution in [2.75, 3.05) is 11.9 Å². The number of nitrogens with one attached hydrogen (secondary N) is 1. The van der Waals surface area contributed by atoms with Gasteiger partial charge in [0.15, 0.2) is 0 Å². The zero-order valence-corrected chi connectivity index (χ0v) is 12.1. The molecular weight excluding hydrogens is 254 g/mol. The Labute approximate surface area is 119 Å². The Kier molecular flexibility index (Phi) is 3.10. The minimum absolute atomic E-state index is 0.0108. The van der Waals surface area contributed by atoms with Gasteiger partial charge in [-0.25, -0.2) is 0 Å². The lowest BCUT2D eigenvalue weighted by molar-refractivity contribution is -0.119. The molecular formula is C16H21NO3. The quantitative estimate of drug-likeness (QED) is 0.871. The summed E-state index contributed by atoms with van der Waals surface area (Å²) in [6, 6.07) is 5.75. The van der Waals surface area contributed by atoms with Gasteiger partial charge >= 0.3 is 0 Å². The van der Waals surface area contributed by atoms with Crippen molar-refractivity contribution in [1.82, 2.24) is 0 Å². The third-order valence-corrected chi connectivity index (χ3v) is 4.71. The van der Waals surface area contributed by atoms with Crippen molar-refractivity contribution in [2.24, 2.45) is 5.92 Å². The number of ether oxygens (including phenoxy) is 1. The summed E-state index contributed by atoms with van der Waals surface area (Å²) in [5.41, 5.74) is 2.15. The predicted molar refractivity (Wildman–Crippen MR) is 76.6 cm³/mol. The second-order valence-corrected chi connectivity index (χ2v) is 6.36. The van der Waals surface area contributed by atoms with Crippen LogP contribution in [0.4, 0.5) is 5.69 Å². The zero-order valence-electron chi connectivity index (χ0n) is 12.1. The van der Waals surface area contributed by atoms with Gasteiger partial charge in [-0.3, -0.25) is 4.79 Å². The van der Waals surface area contributed by atoms with Gasteiger partial charge in [0.05, 0.1) is 17.6 Å². The highest BCUT2D eigenvalue weighted by Crippen LogP contribution is 2.40. The van der Waals surface area contributed by atoms with Gasteiger partial charge in [0.2, 0.25) is 5.91 Å². The summed E-state index contributed by atoms with van der Waals surface area (Å²) in [5.74, 6) is 0.137. The van der Waals surface area contributed by atoms with E-state index in [9.17, 15) is 9.90 Å². The molecule has 0 saturated carbocycles. The van der Waals surface area contributed by atoms with Crippen LogP contribution in [0.1, 0.15) is 44.4 Å². The Morgan fingerprint density at radius 3 is 2.85 bits per heavy atom. The van der Waals surface area contributed by atoms with Crippen molar-refractivity contribution in [3.05, 3.63) is 29.3 Å². The minimum Gasteiger partial charge on any atom is -0.388 e. The maximum absolute atomic E-state index is 11.9. The number of hydrogen-bond acceptors (Lipinski definition) is 3. The van der Waals surface area contributed by atoms with E-state index in [1.807, 2.05) is 39.0 Å². The highest BCUT2D eigenvalue weighted by Gasteiger charge is 2.39. The number of anilines is 1. The first-order valence-corrected chi connectivity index (χ1v) is 7.17. The summed E-state index contributed by atoms with van der Waals surface area (Å²) < 4.78 is 5.53. The first kappa shape index (κ1) is 13.6. The number of carbonyl (C=O) groups is 1. The third-order valence-electron chi connectivity index (χ3n) is 4.71. The molecule has 3 rings (SSSR count). The normalized spacial score (nSPS) is 29.1. The van der Waals surface area contributed by atoms with Gasteiger partial charge < -0.3 is 15.2 Å². The van der Waals surface area contributed by atoms with Gasteiger partial charge in [-0.05, 0) is 44.4 Å². The van der Waals surface area contributed by atoms with Crippen molar-refractivity contribution in [3.63, 3.8) is 0 Å². The standard InChI is InChI=1S/C16H21NO3/c1-9-11(6-7-20-9)14(18)10-4-5-13-12(8-10)16(2,3)15(19)17-13/h4-5,8-9,11,14,18H,6-7H2,1-3H3,(H,17,19). The third kappa shape index (κ3) is 1.95. The summed E-state index contributed by atoms with van der Waals surface area (Å²) in [6.07, 6.45) is 0.412. The smallest absolute Gasteiger partial charge is 0.234 e. The summed E-state index contributed by atoms with van der Waals surface area (Å²) in [5, 5.41) is 13.5. The van der Waals surface area contributed by atoms with Crippen LogP contribution in [0.5, 0.6) is 0 Å². The van der Waals surface area contributed by atoms with Gasteiger partial charge in [-0.1, -0.05) is 12.1 Å². The maximum Gasteiger partial charge on any atom is 0.234 e. The molecule has 0 radical (unpaired) electrons. The van der Waals surface area contributed by atoms with Crippen LogP contribution in [0, 0.1) is 5.92 Å². The fraction of sp³-hybridized carbons (Fsp3) is 0.562. The fourth-order valence-corrected chi connectivity index (χ4v) is 3.18. The van der Waals surface area contributed by atoms with Gasteiger partial charge in [-0.15, -0.1) is 0 Å². The van der Waals surface area contributed by atoms with E-state index in [1.54, 1.807) is 0 Å². The Morgan fingerprint density at radius 2 is 2.20 bits per heavy atom. The first-order valence-electron chi connectivity index (χ1n) is 7.17. The molecule has 20 heavy (non-hydrogen) atoms. The number of amides is 1. The number of rotatable bonds is 2. The van der Waals surface area contributed by atoms with Gasteiger partial charge in [0.25, 0.3) is 0 Å². The van der Waals surface area contributed by atoms with Crippen LogP contribution in [0.15, 0.2) is 18.2 Å². The predicted octanol–water partition coefficient (Wildman–Crippen LogP) is 2.37. The largest absolute Gasteiger partial charge is 0.388 e. The number of aliphatic hydroxyl groups excluding tert-OH is 1. The van der Waals surface area contributed by atoms with Crippen LogP contribution in [0.3, 0.4) is 0 Å². The molecule has 0 spiro atoms. The number of aliphatic hydroxyl groups is 1. The molecule has 2 heterocycles. The molecule has 3 atom stereocenters. The summed E-state index contributed by atoms with van der Waals surface area (Å²) >= 11 is 0. The number of hydrogen-bond donors (Lipinski definition) is 2.